The van der Waals surface area contributed by atoms with Crippen LogP contribution in [0.4, 0.5) is 10.5 Å². The summed E-state index contributed by atoms with van der Waals surface area (Å²) in [5.41, 5.74) is 0.743. The fourth-order valence-corrected chi connectivity index (χ4v) is 3.41. The van der Waals surface area contributed by atoms with Crippen LogP contribution in [0, 0.1) is 0 Å². The van der Waals surface area contributed by atoms with Gasteiger partial charge in [0.25, 0.3) is 0 Å². The number of hydrogen-bond acceptors (Lipinski definition) is 3. The number of rotatable bonds is 5. The smallest absolute Gasteiger partial charge is 0.330 e. The predicted octanol–water partition coefficient (Wildman–Crippen LogP) is 4.43. The van der Waals surface area contributed by atoms with Gasteiger partial charge in [0.1, 0.15) is 6.61 Å². The van der Waals surface area contributed by atoms with Gasteiger partial charge in [-0.05, 0) is 33.0 Å². The molecule has 4 aromatic rings. The first kappa shape index (κ1) is 16.8. The van der Waals surface area contributed by atoms with Crippen molar-refractivity contribution in [1.82, 2.24) is 5.32 Å². The van der Waals surface area contributed by atoms with Crippen LogP contribution < -0.4 is 10.6 Å². The van der Waals surface area contributed by atoms with E-state index >= 15 is 0 Å². The minimum absolute atomic E-state index is 0.0923. The lowest BCUT2D eigenvalue weighted by molar-refractivity contribution is -0.137. The molecule has 2 amide bonds. The Labute approximate surface area is 155 Å². The van der Waals surface area contributed by atoms with Gasteiger partial charge < -0.3 is 15.4 Å². The van der Waals surface area contributed by atoms with Gasteiger partial charge in [-0.2, -0.15) is 0 Å². The lowest BCUT2D eigenvalue weighted by Crippen LogP contribution is -2.32. The van der Waals surface area contributed by atoms with Crippen molar-refractivity contribution in [3.63, 3.8) is 0 Å². The molecule has 0 radical (unpaired) electrons. The molecule has 0 aromatic heterocycles. The van der Waals surface area contributed by atoms with E-state index in [9.17, 15) is 9.59 Å². The van der Waals surface area contributed by atoms with E-state index in [1.807, 2.05) is 30.3 Å². The number of ether oxygens (including phenoxy) is 1. The second kappa shape index (κ2) is 6.96. The maximum atomic E-state index is 12.3. The molecule has 4 rings (SSSR count). The van der Waals surface area contributed by atoms with Crippen LogP contribution >= 0.6 is 0 Å². The first-order valence-electron chi connectivity index (χ1n) is 8.68. The Morgan fingerprint density at radius 3 is 2.44 bits per heavy atom. The minimum atomic E-state index is -0.511. The maximum absolute atomic E-state index is 12.3. The molecular weight excluding hydrogens is 340 g/mol. The molecular formula is C22H18N2O3. The number of anilines is 1. The standard InChI is InChI=1S/C22H18N2O3/c1-2-19(25)27-12-11-23-22(26)24-18-13-16-7-3-5-14-9-10-15-6-4-8-17(18)21(15)20(14)16/h2-10,13H,1,11-12H2,(H2,23,24,26). The minimum Gasteiger partial charge on any atom is -0.461 e. The van der Waals surface area contributed by atoms with Crippen LogP contribution in [0.3, 0.4) is 0 Å². The number of carbonyl (C=O) groups excluding carboxylic acids is 2. The van der Waals surface area contributed by atoms with E-state index in [1.54, 1.807) is 0 Å². The predicted molar refractivity (Wildman–Crippen MR) is 108 cm³/mol. The van der Waals surface area contributed by atoms with Gasteiger partial charge in [0, 0.05) is 11.5 Å². The molecule has 0 spiro atoms. The van der Waals surface area contributed by atoms with Crippen LogP contribution in [0.25, 0.3) is 32.3 Å². The molecule has 27 heavy (non-hydrogen) atoms. The summed E-state index contributed by atoms with van der Waals surface area (Å²) in [4.78, 5) is 23.3. The molecule has 4 aromatic carbocycles. The molecule has 0 atom stereocenters. The van der Waals surface area contributed by atoms with E-state index in [0.29, 0.717) is 0 Å². The third-order valence-electron chi connectivity index (χ3n) is 4.55. The van der Waals surface area contributed by atoms with Crippen molar-refractivity contribution < 1.29 is 14.3 Å². The van der Waals surface area contributed by atoms with Gasteiger partial charge in [0.05, 0.1) is 12.2 Å². The van der Waals surface area contributed by atoms with Gasteiger partial charge in [-0.3, -0.25) is 0 Å². The monoisotopic (exact) mass is 358 g/mol. The summed E-state index contributed by atoms with van der Waals surface area (Å²) in [6.45, 7) is 3.63. The zero-order valence-corrected chi connectivity index (χ0v) is 14.6. The second-order valence-corrected chi connectivity index (χ2v) is 6.23. The van der Waals surface area contributed by atoms with Crippen molar-refractivity contribution in [2.75, 3.05) is 18.5 Å². The van der Waals surface area contributed by atoms with Gasteiger partial charge in [-0.25, -0.2) is 9.59 Å². The molecule has 0 unspecified atom stereocenters. The molecule has 0 aliphatic rings. The second-order valence-electron chi connectivity index (χ2n) is 6.23. The fraction of sp³-hybridized carbons (Fsp3) is 0.0909. The summed E-state index contributed by atoms with van der Waals surface area (Å²) in [6, 6.07) is 18.1. The molecule has 5 heteroatoms. The van der Waals surface area contributed by atoms with E-state index in [-0.39, 0.29) is 19.2 Å². The first-order chi connectivity index (χ1) is 13.2. The van der Waals surface area contributed by atoms with Crippen molar-refractivity contribution in [2.24, 2.45) is 0 Å². The third-order valence-corrected chi connectivity index (χ3v) is 4.55. The Morgan fingerprint density at radius 2 is 1.67 bits per heavy atom. The Bertz CT molecular complexity index is 1170. The van der Waals surface area contributed by atoms with Crippen LogP contribution in [0.1, 0.15) is 0 Å². The highest BCUT2D eigenvalue weighted by Gasteiger charge is 2.13. The molecule has 0 aliphatic carbocycles. The summed E-state index contributed by atoms with van der Waals surface area (Å²) in [6.07, 6.45) is 1.09. The Morgan fingerprint density at radius 1 is 0.963 bits per heavy atom. The lowest BCUT2D eigenvalue weighted by Gasteiger charge is -2.15. The normalized spacial score (nSPS) is 11.0. The summed E-state index contributed by atoms with van der Waals surface area (Å²) in [7, 11) is 0. The molecule has 2 N–H and O–H groups in total. The average Bonchev–Trinajstić information content (AvgIpc) is 2.70. The van der Waals surface area contributed by atoms with E-state index in [1.165, 1.54) is 10.8 Å². The van der Waals surface area contributed by atoms with Crippen molar-refractivity contribution in [3.8, 4) is 0 Å². The molecule has 0 fully saturated rings. The number of amides is 2. The molecule has 0 aliphatic heterocycles. The summed E-state index contributed by atoms with van der Waals surface area (Å²) in [5.74, 6) is -0.511. The van der Waals surface area contributed by atoms with E-state index in [2.05, 4.69) is 41.5 Å². The van der Waals surface area contributed by atoms with Gasteiger partial charge in [-0.15, -0.1) is 0 Å². The first-order valence-corrected chi connectivity index (χ1v) is 8.68. The van der Waals surface area contributed by atoms with E-state index in [0.717, 1.165) is 33.3 Å². The Kier molecular flexibility index (Phi) is 4.34. The topological polar surface area (TPSA) is 67.4 Å². The van der Waals surface area contributed by atoms with Crippen molar-refractivity contribution >= 4 is 50.0 Å². The van der Waals surface area contributed by atoms with Gasteiger partial charge in [0.15, 0.2) is 0 Å². The molecule has 134 valence electrons. The molecule has 0 bridgehead atoms. The van der Waals surface area contributed by atoms with Crippen LogP contribution in [0.15, 0.2) is 67.3 Å². The third kappa shape index (κ3) is 3.15. The van der Waals surface area contributed by atoms with Gasteiger partial charge in [0.2, 0.25) is 0 Å². The van der Waals surface area contributed by atoms with Crippen molar-refractivity contribution in [1.29, 1.82) is 0 Å². The fourth-order valence-electron chi connectivity index (χ4n) is 3.41. The number of esters is 1. The highest BCUT2D eigenvalue weighted by atomic mass is 16.5. The molecule has 0 saturated heterocycles. The summed E-state index contributed by atoms with van der Waals surface area (Å²) in [5, 5.41) is 12.3. The SMILES string of the molecule is C=CC(=O)OCCNC(=O)Nc1cc2cccc3ccc4cccc1c4c32. The van der Waals surface area contributed by atoms with E-state index < -0.39 is 5.97 Å². The number of benzene rings is 4. The lowest BCUT2D eigenvalue weighted by atomic mass is 9.93. The quantitative estimate of drug-likeness (QED) is 0.240. The van der Waals surface area contributed by atoms with Crippen LogP contribution in [0.2, 0.25) is 0 Å². The number of carbonyl (C=O) groups is 2. The van der Waals surface area contributed by atoms with Gasteiger partial charge >= 0.3 is 12.0 Å². The number of hydrogen-bond donors (Lipinski definition) is 2. The average molecular weight is 358 g/mol. The van der Waals surface area contributed by atoms with Crippen LogP contribution in [-0.4, -0.2) is 25.2 Å². The molecule has 0 heterocycles. The Balaban J connectivity index is 1.63. The summed E-state index contributed by atoms with van der Waals surface area (Å²) >= 11 is 0. The van der Waals surface area contributed by atoms with Crippen molar-refractivity contribution in [3.05, 3.63) is 67.3 Å². The van der Waals surface area contributed by atoms with Crippen molar-refractivity contribution in [2.45, 2.75) is 0 Å². The molecule has 0 saturated carbocycles. The maximum Gasteiger partial charge on any atom is 0.330 e. The summed E-state index contributed by atoms with van der Waals surface area (Å²) < 4.78 is 4.85. The molecule has 5 nitrogen and oxygen atoms in total. The number of urea groups is 1. The number of nitrogens with one attached hydrogen (secondary N) is 2. The van der Waals surface area contributed by atoms with Crippen LogP contribution in [-0.2, 0) is 9.53 Å². The highest BCUT2D eigenvalue weighted by molar-refractivity contribution is 6.26. The highest BCUT2D eigenvalue weighted by Crippen LogP contribution is 2.38. The van der Waals surface area contributed by atoms with Crippen LogP contribution in [0.5, 0.6) is 0 Å². The largest absolute Gasteiger partial charge is 0.461 e. The zero-order valence-electron chi connectivity index (χ0n) is 14.6. The van der Waals surface area contributed by atoms with E-state index in [4.69, 9.17) is 4.74 Å². The Hall–Kier alpha value is -3.60. The van der Waals surface area contributed by atoms with Gasteiger partial charge in [-0.1, -0.05) is 55.1 Å². The zero-order chi connectivity index (χ0) is 18.8.